The fourth-order valence-electron chi connectivity index (χ4n) is 4.33. The number of carboxylic acid groups (broad SMARTS) is 1. The Morgan fingerprint density at radius 3 is 2.33 bits per heavy atom. The Bertz CT molecular complexity index is 606. The van der Waals surface area contributed by atoms with Crippen LogP contribution < -0.4 is 0 Å². The second-order valence-electron chi connectivity index (χ2n) is 7.17. The van der Waals surface area contributed by atoms with Gasteiger partial charge in [0.15, 0.2) is 0 Å². The molecule has 0 atom stereocenters. The lowest BCUT2D eigenvalue weighted by Gasteiger charge is -2.52. The van der Waals surface area contributed by atoms with Gasteiger partial charge in [-0.2, -0.15) is 0 Å². The highest BCUT2D eigenvalue weighted by Crippen LogP contribution is 2.37. The van der Waals surface area contributed by atoms with Crippen LogP contribution in [-0.4, -0.2) is 52.0 Å². The lowest BCUT2D eigenvalue weighted by atomic mass is 9.78. The highest BCUT2D eigenvalue weighted by atomic mass is 16.4. The average molecular weight is 330 g/mol. The number of rotatable bonds is 3. The molecule has 1 aromatic rings. The van der Waals surface area contributed by atoms with Crippen molar-refractivity contribution in [3.8, 4) is 0 Å². The highest BCUT2D eigenvalue weighted by Gasteiger charge is 2.43. The predicted octanol–water partition coefficient (Wildman–Crippen LogP) is 2.75. The summed E-state index contributed by atoms with van der Waals surface area (Å²) in [4.78, 5) is 27.6. The number of aromatic carboxylic acids is 1. The van der Waals surface area contributed by atoms with E-state index in [4.69, 9.17) is 5.11 Å². The highest BCUT2D eigenvalue weighted by molar-refractivity contribution is 5.87. The van der Waals surface area contributed by atoms with Gasteiger partial charge in [-0.1, -0.05) is 31.4 Å². The van der Waals surface area contributed by atoms with Crippen LogP contribution in [0, 0.1) is 0 Å². The van der Waals surface area contributed by atoms with Crippen LogP contribution in [0.5, 0.6) is 0 Å². The minimum absolute atomic E-state index is 0.00331. The summed E-state index contributed by atoms with van der Waals surface area (Å²) in [5.74, 6) is -0.694. The maximum Gasteiger partial charge on any atom is 0.335 e. The minimum atomic E-state index is -0.891. The second-order valence-corrected chi connectivity index (χ2v) is 7.17. The van der Waals surface area contributed by atoms with Gasteiger partial charge >= 0.3 is 5.97 Å². The maximum absolute atomic E-state index is 12.1. The van der Waals surface area contributed by atoms with Gasteiger partial charge in [-0.25, -0.2) is 4.79 Å². The Hall–Kier alpha value is -1.88. The number of hydrogen-bond donors (Lipinski definition) is 1. The first-order valence-electron chi connectivity index (χ1n) is 8.83. The van der Waals surface area contributed by atoms with Crippen LogP contribution >= 0.6 is 0 Å². The lowest BCUT2D eigenvalue weighted by molar-refractivity contribution is -0.142. The number of carbonyl (C=O) groups excluding carboxylic acids is 1. The summed E-state index contributed by atoms with van der Waals surface area (Å²) in [5.41, 5.74) is 1.45. The normalized spacial score (nSPS) is 21.0. The molecule has 24 heavy (non-hydrogen) atoms. The molecule has 1 N–H and O–H groups in total. The van der Waals surface area contributed by atoms with Crippen LogP contribution in [0.4, 0.5) is 0 Å². The molecule has 5 heteroatoms. The summed E-state index contributed by atoms with van der Waals surface area (Å²) >= 11 is 0. The number of carboxylic acids is 1. The average Bonchev–Trinajstić information content (AvgIpc) is 2.56. The number of piperazine rings is 1. The van der Waals surface area contributed by atoms with Gasteiger partial charge in [-0.3, -0.25) is 9.69 Å². The standard InChI is InChI=1S/C19H26N2O3/c1-15(22)21-12-11-20(14-19(21)9-3-2-4-10-19)13-16-5-7-17(8-6-16)18(23)24/h5-8H,2-4,9-14H2,1H3,(H,23,24). The van der Waals surface area contributed by atoms with Gasteiger partial charge in [-0.05, 0) is 30.5 Å². The van der Waals surface area contributed by atoms with E-state index in [-0.39, 0.29) is 11.4 Å². The van der Waals surface area contributed by atoms with E-state index < -0.39 is 5.97 Å². The maximum atomic E-state index is 12.1. The van der Waals surface area contributed by atoms with E-state index in [1.165, 1.54) is 19.3 Å². The van der Waals surface area contributed by atoms with Crippen molar-refractivity contribution in [2.45, 2.75) is 51.1 Å². The molecule has 1 heterocycles. The first kappa shape index (κ1) is 17.0. The summed E-state index contributed by atoms with van der Waals surface area (Å²) in [6.45, 7) is 5.10. The third-order valence-electron chi connectivity index (χ3n) is 5.50. The zero-order chi connectivity index (χ0) is 17.2. The Balaban J connectivity index is 1.71. The van der Waals surface area contributed by atoms with Gasteiger partial charge in [0.1, 0.15) is 0 Å². The molecule has 3 rings (SSSR count). The van der Waals surface area contributed by atoms with Gasteiger partial charge < -0.3 is 10.0 Å². The molecule has 0 bridgehead atoms. The van der Waals surface area contributed by atoms with Crippen molar-refractivity contribution in [1.82, 2.24) is 9.80 Å². The summed E-state index contributed by atoms with van der Waals surface area (Å²) in [7, 11) is 0. The van der Waals surface area contributed by atoms with Crippen molar-refractivity contribution in [1.29, 1.82) is 0 Å². The van der Waals surface area contributed by atoms with Crippen LogP contribution in [0.1, 0.15) is 54.9 Å². The molecule has 1 aliphatic heterocycles. The smallest absolute Gasteiger partial charge is 0.335 e. The van der Waals surface area contributed by atoms with Crippen molar-refractivity contribution >= 4 is 11.9 Å². The van der Waals surface area contributed by atoms with E-state index >= 15 is 0 Å². The summed E-state index contributed by atoms with van der Waals surface area (Å²) in [6, 6.07) is 7.13. The first-order chi connectivity index (χ1) is 11.5. The van der Waals surface area contributed by atoms with Crippen molar-refractivity contribution in [3.05, 3.63) is 35.4 Å². The fourth-order valence-corrected chi connectivity index (χ4v) is 4.33. The summed E-state index contributed by atoms with van der Waals surface area (Å²) in [5, 5.41) is 9.00. The fraction of sp³-hybridized carbons (Fsp3) is 0.579. The molecular weight excluding hydrogens is 304 g/mol. The molecule has 0 unspecified atom stereocenters. The quantitative estimate of drug-likeness (QED) is 0.926. The van der Waals surface area contributed by atoms with Gasteiger partial charge in [0.2, 0.25) is 5.91 Å². The Kier molecular flexibility index (Phi) is 4.90. The van der Waals surface area contributed by atoms with Crippen molar-refractivity contribution in [2.24, 2.45) is 0 Å². The first-order valence-corrected chi connectivity index (χ1v) is 8.83. The minimum Gasteiger partial charge on any atom is -0.478 e. The van der Waals surface area contributed by atoms with Crippen molar-refractivity contribution in [2.75, 3.05) is 19.6 Å². The molecule has 1 spiro atoms. The van der Waals surface area contributed by atoms with Crippen LogP contribution in [0.2, 0.25) is 0 Å². The van der Waals surface area contributed by atoms with E-state index in [0.717, 1.165) is 44.6 Å². The number of nitrogens with zero attached hydrogens (tertiary/aromatic N) is 2. The molecule has 130 valence electrons. The topological polar surface area (TPSA) is 60.9 Å². The lowest BCUT2D eigenvalue weighted by Crippen LogP contribution is -2.63. The zero-order valence-electron chi connectivity index (χ0n) is 14.3. The molecule has 2 fully saturated rings. The molecule has 2 aliphatic rings. The van der Waals surface area contributed by atoms with Gasteiger partial charge in [0.05, 0.1) is 11.1 Å². The molecule has 1 amide bonds. The van der Waals surface area contributed by atoms with Crippen molar-refractivity contribution < 1.29 is 14.7 Å². The number of carbonyl (C=O) groups is 2. The van der Waals surface area contributed by atoms with Crippen LogP contribution in [0.15, 0.2) is 24.3 Å². The van der Waals surface area contributed by atoms with E-state index in [9.17, 15) is 9.59 Å². The number of benzene rings is 1. The Morgan fingerprint density at radius 2 is 1.75 bits per heavy atom. The Morgan fingerprint density at radius 1 is 1.08 bits per heavy atom. The molecule has 0 radical (unpaired) electrons. The molecule has 1 aromatic carbocycles. The van der Waals surface area contributed by atoms with Gasteiger partial charge in [0.25, 0.3) is 0 Å². The third kappa shape index (κ3) is 3.46. The molecule has 0 aromatic heterocycles. The van der Waals surface area contributed by atoms with E-state index in [2.05, 4.69) is 9.80 Å². The van der Waals surface area contributed by atoms with Gasteiger partial charge in [0, 0.05) is 33.1 Å². The van der Waals surface area contributed by atoms with Crippen LogP contribution in [0.25, 0.3) is 0 Å². The molecular formula is C19H26N2O3. The van der Waals surface area contributed by atoms with Gasteiger partial charge in [-0.15, -0.1) is 0 Å². The summed E-state index contributed by atoms with van der Waals surface area (Å²) in [6.07, 6.45) is 5.86. The second kappa shape index (κ2) is 6.93. The molecule has 1 aliphatic carbocycles. The number of hydrogen-bond acceptors (Lipinski definition) is 3. The van der Waals surface area contributed by atoms with Crippen molar-refractivity contribution in [3.63, 3.8) is 0 Å². The van der Waals surface area contributed by atoms with Crippen LogP contribution in [-0.2, 0) is 11.3 Å². The number of amides is 1. The molecule has 5 nitrogen and oxygen atoms in total. The monoisotopic (exact) mass is 330 g/mol. The van der Waals surface area contributed by atoms with Crippen LogP contribution in [0.3, 0.4) is 0 Å². The molecule has 1 saturated heterocycles. The summed E-state index contributed by atoms with van der Waals surface area (Å²) < 4.78 is 0. The Labute approximate surface area is 143 Å². The zero-order valence-corrected chi connectivity index (χ0v) is 14.3. The molecule has 1 saturated carbocycles. The predicted molar refractivity (Wildman–Crippen MR) is 91.9 cm³/mol. The van der Waals surface area contributed by atoms with E-state index in [1.54, 1.807) is 19.1 Å². The largest absolute Gasteiger partial charge is 0.478 e. The van der Waals surface area contributed by atoms with E-state index in [0.29, 0.717) is 5.56 Å². The SMILES string of the molecule is CC(=O)N1CCN(Cc2ccc(C(=O)O)cc2)CC12CCCCC2. The third-order valence-corrected chi connectivity index (χ3v) is 5.50. The van der Waals surface area contributed by atoms with E-state index in [1.807, 2.05) is 12.1 Å².